The average Bonchev–Trinajstić information content (AvgIpc) is 2.36. The molecule has 2 rings (SSSR count). The van der Waals surface area contributed by atoms with Crippen molar-refractivity contribution >= 4 is 11.8 Å². The van der Waals surface area contributed by atoms with Crippen molar-refractivity contribution in [3.8, 4) is 0 Å². The van der Waals surface area contributed by atoms with Crippen LogP contribution in [0.5, 0.6) is 0 Å². The van der Waals surface area contributed by atoms with E-state index in [1.165, 1.54) is 6.07 Å². The minimum absolute atomic E-state index is 0.00990. The summed E-state index contributed by atoms with van der Waals surface area (Å²) in [6.45, 7) is -0.0637. The van der Waals surface area contributed by atoms with Gasteiger partial charge in [-0.15, -0.1) is 0 Å². The lowest BCUT2D eigenvalue weighted by Crippen LogP contribution is -2.48. The van der Waals surface area contributed by atoms with Gasteiger partial charge in [-0.05, 0) is 24.1 Å². The summed E-state index contributed by atoms with van der Waals surface area (Å²) in [6.07, 6.45) is -0.200. The Morgan fingerprint density at radius 1 is 1.37 bits per heavy atom. The Labute approximate surface area is 108 Å². The fourth-order valence-corrected chi connectivity index (χ4v) is 2.14. The van der Waals surface area contributed by atoms with Crippen molar-refractivity contribution in [1.29, 1.82) is 0 Å². The Bertz CT molecular complexity index is 529. The lowest BCUT2D eigenvalue weighted by Gasteiger charge is -2.31. The van der Waals surface area contributed by atoms with Gasteiger partial charge in [-0.3, -0.25) is 9.59 Å². The van der Waals surface area contributed by atoms with Crippen LogP contribution in [-0.2, 0) is 20.7 Å². The first-order valence-electron chi connectivity index (χ1n) is 5.74. The van der Waals surface area contributed by atoms with Crippen molar-refractivity contribution in [2.45, 2.75) is 12.8 Å². The SMILES string of the molecule is O=C(O)C1(Cc2ccc(F)c(F)c2)COCCC1=O. The fourth-order valence-electron chi connectivity index (χ4n) is 2.14. The summed E-state index contributed by atoms with van der Waals surface area (Å²) >= 11 is 0. The molecule has 0 radical (unpaired) electrons. The van der Waals surface area contributed by atoms with Crippen molar-refractivity contribution in [3.63, 3.8) is 0 Å². The Morgan fingerprint density at radius 3 is 2.68 bits per heavy atom. The van der Waals surface area contributed by atoms with Crippen molar-refractivity contribution < 1.29 is 28.2 Å². The smallest absolute Gasteiger partial charge is 0.319 e. The highest BCUT2D eigenvalue weighted by Gasteiger charge is 2.47. The van der Waals surface area contributed by atoms with Crippen LogP contribution in [-0.4, -0.2) is 30.1 Å². The number of carbonyl (C=O) groups excluding carboxylic acids is 1. The average molecular weight is 270 g/mol. The molecule has 1 aliphatic heterocycles. The summed E-state index contributed by atoms with van der Waals surface area (Å²) in [5.41, 5.74) is -1.46. The molecule has 6 heteroatoms. The second-order valence-electron chi connectivity index (χ2n) is 4.54. The molecule has 0 saturated carbocycles. The van der Waals surface area contributed by atoms with Gasteiger partial charge in [-0.1, -0.05) is 6.07 Å². The number of hydrogen-bond acceptors (Lipinski definition) is 3. The van der Waals surface area contributed by atoms with Gasteiger partial charge in [0.2, 0.25) is 0 Å². The minimum atomic E-state index is -1.71. The van der Waals surface area contributed by atoms with Crippen molar-refractivity contribution in [3.05, 3.63) is 35.4 Å². The van der Waals surface area contributed by atoms with E-state index in [4.69, 9.17) is 4.74 Å². The zero-order chi connectivity index (χ0) is 14.0. The maximum atomic E-state index is 13.1. The van der Waals surface area contributed by atoms with Crippen molar-refractivity contribution in [2.24, 2.45) is 5.41 Å². The quantitative estimate of drug-likeness (QED) is 0.847. The summed E-state index contributed by atoms with van der Waals surface area (Å²) in [5, 5.41) is 9.28. The number of rotatable bonds is 3. The first kappa shape index (κ1) is 13.6. The molecule has 0 aromatic heterocycles. The molecule has 0 spiro atoms. The molecular formula is C13H12F2O4. The lowest BCUT2D eigenvalue weighted by atomic mass is 9.76. The third-order valence-electron chi connectivity index (χ3n) is 3.25. The molecule has 4 nitrogen and oxygen atoms in total. The van der Waals surface area contributed by atoms with Crippen LogP contribution in [0.2, 0.25) is 0 Å². The molecular weight excluding hydrogens is 258 g/mol. The Kier molecular flexibility index (Phi) is 3.61. The third-order valence-corrected chi connectivity index (χ3v) is 3.25. The first-order chi connectivity index (χ1) is 8.95. The van der Waals surface area contributed by atoms with Gasteiger partial charge in [0.15, 0.2) is 22.8 Å². The summed E-state index contributed by atoms with van der Waals surface area (Å²) in [5.74, 6) is -3.83. The second kappa shape index (κ2) is 5.05. The topological polar surface area (TPSA) is 63.6 Å². The normalized spacial score (nSPS) is 23.4. The highest BCUT2D eigenvalue weighted by molar-refractivity contribution is 6.04. The molecule has 102 valence electrons. The zero-order valence-electron chi connectivity index (χ0n) is 9.99. The van der Waals surface area contributed by atoms with Gasteiger partial charge in [0, 0.05) is 6.42 Å². The standard InChI is InChI=1S/C13H12F2O4/c14-9-2-1-8(5-10(9)15)6-13(12(17)18)7-19-4-3-11(13)16/h1-2,5H,3-4,6-7H2,(H,17,18). The van der Waals surface area contributed by atoms with Gasteiger partial charge < -0.3 is 9.84 Å². The van der Waals surface area contributed by atoms with E-state index < -0.39 is 28.8 Å². The van der Waals surface area contributed by atoms with Gasteiger partial charge >= 0.3 is 5.97 Å². The van der Waals surface area contributed by atoms with Gasteiger partial charge in [0.1, 0.15) is 0 Å². The minimum Gasteiger partial charge on any atom is -0.480 e. The number of carbonyl (C=O) groups is 2. The Balaban J connectivity index is 2.33. The number of benzene rings is 1. The molecule has 1 heterocycles. The van der Waals surface area contributed by atoms with Crippen LogP contribution >= 0.6 is 0 Å². The van der Waals surface area contributed by atoms with E-state index in [9.17, 15) is 23.5 Å². The van der Waals surface area contributed by atoms with Crippen LogP contribution in [0.4, 0.5) is 8.78 Å². The van der Waals surface area contributed by atoms with Crippen molar-refractivity contribution in [2.75, 3.05) is 13.2 Å². The summed E-state index contributed by atoms with van der Waals surface area (Å²) in [7, 11) is 0. The van der Waals surface area contributed by atoms with Gasteiger partial charge in [-0.2, -0.15) is 0 Å². The molecule has 1 saturated heterocycles. The predicted octanol–water partition coefficient (Wildman–Crippen LogP) is 1.57. The van der Waals surface area contributed by atoms with Crippen LogP contribution in [0, 0.1) is 17.0 Å². The van der Waals surface area contributed by atoms with Gasteiger partial charge in [0.05, 0.1) is 13.2 Å². The Morgan fingerprint density at radius 2 is 2.11 bits per heavy atom. The molecule has 19 heavy (non-hydrogen) atoms. The molecule has 0 aliphatic carbocycles. The maximum absolute atomic E-state index is 13.1. The van der Waals surface area contributed by atoms with Crippen LogP contribution in [0.15, 0.2) is 18.2 Å². The molecule has 1 unspecified atom stereocenters. The maximum Gasteiger partial charge on any atom is 0.319 e. The van der Waals surface area contributed by atoms with Crippen molar-refractivity contribution in [1.82, 2.24) is 0 Å². The zero-order valence-corrected chi connectivity index (χ0v) is 9.99. The van der Waals surface area contributed by atoms with Crippen LogP contribution < -0.4 is 0 Å². The molecule has 1 atom stereocenters. The molecule has 1 aromatic rings. The number of carboxylic acid groups (broad SMARTS) is 1. The van der Waals surface area contributed by atoms with E-state index in [1.54, 1.807) is 0 Å². The van der Waals surface area contributed by atoms with E-state index in [-0.39, 0.29) is 31.6 Å². The highest BCUT2D eigenvalue weighted by Crippen LogP contribution is 2.30. The fraction of sp³-hybridized carbons (Fsp3) is 0.385. The van der Waals surface area contributed by atoms with E-state index in [0.29, 0.717) is 0 Å². The van der Waals surface area contributed by atoms with Crippen LogP contribution in [0.25, 0.3) is 0 Å². The lowest BCUT2D eigenvalue weighted by molar-refractivity contribution is -0.164. The number of ketones is 1. The number of ether oxygens (including phenoxy) is 1. The molecule has 0 amide bonds. The number of aliphatic carboxylic acids is 1. The number of carboxylic acids is 1. The number of halogens is 2. The summed E-state index contributed by atoms with van der Waals surface area (Å²) in [4.78, 5) is 23.3. The van der Waals surface area contributed by atoms with Gasteiger partial charge in [0.25, 0.3) is 0 Å². The molecule has 1 aromatic carbocycles. The molecule has 1 aliphatic rings. The third kappa shape index (κ3) is 2.49. The number of Topliss-reactive ketones (excluding diaryl/α,β-unsaturated/α-hetero) is 1. The largest absolute Gasteiger partial charge is 0.480 e. The van der Waals surface area contributed by atoms with E-state index in [1.807, 2.05) is 0 Å². The highest BCUT2D eigenvalue weighted by atomic mass is 19.2. The molecule has 0 bridgehead atoms. The van der Waals surface area contributed by atoms with E-state index in [2.05, 4.69) is 0 Å². The Hall–Kier alpha value is -1.82. The summed E-state index contributed by atoms with van der Waals surface area (Å²) in [6, 6.07) is 3.08. The number of hydrogen-bond donors (Lipinski definition) is 1. The van der Waals surface area contributed by atoms with E-state index >= 15 is 0 Å². The first-order valence-corrected chi connectivity index (χ1v) is 5.74. The van der Waals surface area contributed by atoms with Gasteiger partial charge in [-0.25, -0.2) is 8.78 Å². The predicted molar refractivity (Wildman–Crippen MR) is 60.6 cm³/mol. The second-order valence-corrected chi connectivity index (χ2v) is 4.54. The summed E-state index contributed by atoms with van der Waals surface area (Å²) < 4.78 is 31.0. The monoisotopic (exact) mass is 270 g/mol. The van der Waals surface area contributed by atoms with Crippen LogP contribution in [0.1, 0.15) is 12.0 Å². The van der Waals surface area contributed by atoms with Crippen LogP contribution in [0.3, 0.4) is 0 Å². The van der Waals surface area contributed by atoms with E-state index in [0.717, 1.165) is 12.1 Å². The molecule has 1 N–H and O–H groups in total. The molecule has 1 fully saturated rings.